The van der Waals surface area contributed by atoms with Crippen molar-refractivity contribution in [3.8, 4) is 0 Å². The average molecular weight is 519 g/mol. The summed E-state index contributed by atoms with van der Waals surface area (Å²) in [6, 6.07) is 12.0. The van der Waals surface area contributed by atoms with Crippen LogP contribution in [0.25, 0.3) is 0 Å². The lowest BCUT2D eigenvalue weighted by Crippen LogP contribution is -2.48. The zero-order chi connectivity index (χ0) is 25.5. The summed E-state index contributed by atoms with van der Waals surface area (Å²) >= 11 is 11.9. The second-order valence-corrected chi connectivity index (χ2v) is 9.96. The SMILES string of the molecule is CCC(C)[C@H](NC(=O)C1CCC(c2ccc(NC(=O)c3ccc(Cl)c(Cl)c3)cc2)CC1)C(=O)OC. The maximum atomic E-state index is 12.8. The summed E-state index contributed by atoms with van der Waals surface area (Å²) in [6.07, 6.45) is 4.08. The van der Waals surface area contributed by atoms with Crippen LogP contribution in [0.2, 0.25) is 10.0 Å². The predicted molar refractivity (Wildman–Crippen MR) is 139 cm³/mol. The third-order valence-corrected chi connectivity index (χ3v) is 7.62. The Morgan fingerprint density at radius 3 is 2.23 bits per heavy atom. The van der Waals surface area contributed by atoms with Crippen LogP contribution in [-0.4, -0.2) is 30.9 Å². The molecule has 0 heterocycles. The van der Waals surface area contributed by atoms with Crippen molar-refractivity contribution in [3.05, 3.63) is 63.6 Å². The first kappa shape index (κ1) is 27.0. The highest BCUT2D eigenvalue weighted by molar-refractivity contribution is 6.42. The van der Waals surface area contributed by atoms with Crippen LogP contribution < -0.4 is 10.6 Å². The lowest BCUT2D eigenvalue weighted by Gasteiger charge is -2.30. The van der Waals surface area contributed by atoms with Gasteiger partial charge >= 0.3 is 5.97 Å². The van der Waals surface area contributed by atoms with Gasteiger partial charge in [0.25, 0.3) is 5.91 Å². The molecule has 1 fully saturated rings. The molecule has 8 heteroatoms. The minimum Gasteiger partial charge on any atom is -0.467 e. The quantitative estimate of drug-likeness (QED) is 0.406. The summed E-state index contributed by atoms with van der Waals surface area (Å²) in [7, 11) is 1.35. The molecule has 1 aliphatic rings. The molecule has 0 aliphatic heterocycles. The molecule has 2 atom stereocenters. The van der Waals surface area contributed by atoms with Gasteiger partial charge in [-0.3, -0.25) is 9.59 Å². The molecule has 0 spiro atoms. The lowest BCUT2D eigenvalue weighted by molar-refractivity contribution is -0.147. The molecule has 2 N–H and O–H groups in total. The predicted octanol–water partition coefficient (Wildman–Crippen LogP) is 6.22. The third kappa shape index (κ3) is 6.98. The van der Waals surface area contributed by atoms with E-state index in [1.165, 1.54) is 12.7 Å². The van der Waals surface area contributed by atoms with Crippen molar-refractivity contribution in [2.75, 3.05) is 12.4 Å². The van der Waals surface area contributed by atoms with Crippen LogP contribution in [0.3, 0.4) is 0 Å². The number of amides is 2. The molecule has 1 saturated carbocycles. The van der Waals surface area contributed by atoms with E-state index in [2.05, 4.69) is 10.6 Å². The number of anilines is 1. The van der Waals surface area contributed by atoms with Crippen LogP contribution in [0.4, 0.5) is 5.69 Å². The number of benzene rings is 2. The zero-order valence-corrected chi connectivity index (χ0v) is 21.8. The Morgan fingerprint density at radius 2 is 1.66 bits per heavy atom. The molecule has 2 aromatic carbocycles. The lowest BCUT2D eigenvalue weighted by atomic mass is 9.78. The van der Waals surface area contributed by atoms with E-state index in [0.29, 0.717) is 27.2 Å². The Labute approximate surface area is 216 Å². The summed E-state index contributed by atoms with van der Waals surface area (Å²) in [5.74, 6) is -0.465. The largest absolute Gasteiger partial charge is 0.467 e. The van der Waals surface area contributed by atoms with Gasteiger partial charge in [-0.2, -0.15) is 0 Å². The van der Waals surface area contributed by atoms with Gasteiger partial charge in [0, 0.05) is 17.2 Å². The van der Waals surface area contributed by atoms with Crippen LogP contribution in [0.1, 0.15) is 67.8 Å². The van der Waals surface area contributed by atoms with Crippen molar-refractivity contribution in [1.29, 1.82) is 0 Å². The van der Waals surface area contributed by atoms with Gasteiger partial charge in [-0.25, -0.2) is 4.79 Å². The molecule has 2 amide bonds. The van der Waals surface area contributed by atoms with E-state index < -0.39 is 12.0 Å². The number of nitrogens with one attached hydrogen (secondary N) is 2. The number of methoxy groups -OCH3 is 1. The minimum atomic E-state index is -0.609. The molecule has 2 aromatic rings. The molecule has 0 saturated heterocycles. The fraction of sp³-hybridized carbons (Fsp3) is 0.444. The van der Waals surface area contributed by atoms with E-state index in [1.807, 2.05) is 38.1 Å². The molecular formula is C27H32Cl2N2O4. The van der Waals surface area contributed by atoms with Crippen molar-refractivity contribution >= 4 is 46.7 Å². The molecule has 1 aliphatic carbocycles. The van der Waals surface area contributed by atoms with Crippen molar-refractivity contribution in [2.45, 2.75) is 57.9 Å². The normalized spacial score (nSPS) is 19.3. The third-order valence-electron chi connectivity index (χ3n) is 6.89. The topological polar surface area (TPSA) is 84.5 Å². The maximum Gasteiger partial charge on any atom is 0.328 e. The first-order valence-corrected chi connectivity index (χ1v) is 12.7. The number of carbonyl (C=O) groups is 3. The number of rotatable bonds is 8. The fourth-order valence-corrected chi connectivity index (χ4v) is 4.73. The van der Waals surface area contributed by atoms with Crippen molar-refractivity contribution in [3.63, 3.8) is 0 Å². The van der Waals surface area contributed by atoms with E-state index in [0.717, 1.165) is 32.1 Å². The summed E-state index contributed by atoms with van der Waals surface area (Å²) in [4.78, 5) is 37.4. The van der Waals surface area contributed by atoms with E-state index in [1.54, 1.807) is 18.2 Å². The average Bonchev–Trinajstić information content (AvgIpc) is 2.88. The van der Waals surface area contributed by atoms with Crippen LogP contribution in [-0.2, 0) is 14.3 Å². The molecule has 35 heavy (non-hydrogen) atoms. The second kappa shape index (κ2) is 12.4. The van der Waals surface area contributed by atoms with Crippen molar-refractivity contribution in [2.24, 2.45) is 11.8 Å². The molecular weight excluding hydrogens is 487 g/mol. The first-order valence-electron chi connectivity index (χ1n) is 12.0. The Bertz CT molecular complexity index is 1050. The van der Waals surface area contributed by atoms with E-state index >= 15 is 0 Å². The highest BCUT2D eigenvalue weighted by Crippen LogP contribution is 2.36. The number of carbonyl (C=O) groups excluding carboxylic acids is 3. The highest BCUT2D eigenvalue weighted by Gasteiger charge is 2.32. The molecule has 1 unspecified atom stereocenters. The van der Waals surface area contributed by atoms with Gasteiger partial charge in [0.05, 0.1) is 17.2 Å². The number of hydrogen-bond donors (Lipinski definition) is 2. The van der Waals surface area contributed by atoms with Gasteiger partial charge in [0.1, 0.15) is 6.04 Å². The summed E-state index contributed by atoms with van der Waals surface area (Å²) in [5.41, 5.74) is 2.31. The van der Waals surface area contributed by atoms with Gasteiger partial charge < -0.3 is 15.4 Å². The molecule has 3 rings (SSSR count). The van der Waals surface area contributed by atoms with E-state index in [-0.39, 0.29) is 23.7 Å². The molecule has 6 nitrogen and oxygen atoms in total. The second-order valence-electron chi connectivity index (χ2n) is 9.15. The van der Waals surface area contributed by atoms with Crippen molar-refractivity contribution in [1.82, 2.24) is 5.32 Å². The van der Waals surface area contributed by atoms with E-state index in [4.69, 9.17) is 27.9 Å². The molecule has 0 bridgehead atoms. The minimum absolute atomic E-state index is 0.0124. The van der Waals surface area contributed by atoms with Crippen LogP contribution in [0.5, 0.6) is 0 Å². The monoisotopic (exact) mass is 518 g/mol. The molecule has 188 valence electrons. The van der Waals surface area contributed by atoms with Crippen LogP contribution in [0, 0.1) is 11.8 Å². The van der Waals surface area contributed by atoms with Gasteiger partial charge in [-0.05, 0) is 73.4 Å². The molecule has 0 aromatic heterocycles. The first-order chi connectivity index (χ1) is 16.7. The summed E-state index contributed by atoms with van der Waals surface area (Å²) < 4.78 is 4.88. The zero-order valence-electron chi connectivity index (χ0n) is 20.3. The number of hydrogen-bond acceptors (Lipinski definition) is 4. The maximum absolute atomic E-state index is 12.8. The Morgan fingerprint density at radius 1 is 1.00 bits per heavy atom. The Kier molecular flexibility index (Phi) is 9.58. The van der Waals surface area contributed by atoms with Gasteiger partial charge in [-0.15, -0.1) is 0 Å². The molecule has 0 radical (unpaired) electrons. The number of esters is 1. The summed E-state index contributed by atoms with van der Waals surface area (Å²) in [5, 5.41) is 6.53. The smallest absolute Gasteiger partial charge is 0.328 e. The number of halogens is 2. The van der Waals surface area contributed by atoms with Crippen LogP contribution in [0.15, 0.2) is 42.5 Å². The van der Waals surface area contributed by atoms with Crippen molar-refractivity contribution < 1.29 is 19.1 Å². The Balaban J connectivity index is 1.54. The number of ether oxygens (including phenoxy) is 1. The van der Waals surface area contributed by atoms with E-state index in [9.17, 15) is 14.4 Å². The van der Waals surface area contributed by atoms with Gasteiger partial charge in [0.2, 0.25) is 5.91 Å². The summed E-state index contributed by atoms with van der Waals surface area (Å²) in [6.45, 7) is 3.93. The Hall–Kier alpha value is -2.57. The fourth-order valence-electron chi connectivity index (χ4n) is 4.44. The standard InChI is InChI=1S/C27H32Cl2N2O4/c1-4-16(2)24(27(34)35-3)31-25(32)19-7-5-17(6-8-19)18-9-12-21(13-10-18)30-26(33)20-11-14-22(28)23(29)15-20/h9-17,19,24H,4-8H2,1-3H3,(H,30,33)(H,31,32)/t16?,17?,19?,24-/m0/s1. The van der Waals surface area contributed by atoms with Gasteiger partial charge in [-0.1, -0.05) is 55.6 Å². The highest BCUT2D eigenvalue weighted by atomic mass is 35.5. The van der Waals surface area contributed by atoms with Crippen LogP contribution >= 0.6 is 23.2 Å². The van der Waals surface area contributed by atoms with Gasteiger partial charge in [0.15, 0.2) is 0 Å².